The Morgan fingerprint density at radius 3 is 2.84 bits per heavy atom. The maximum atomic E-state index is 12.3. The molecular formula is C14H18BrN3O. The van der Waals surface area contributed by atoms with Crippen molar-refractivity contribution in [1.82, 2.24) is 14.7 Å². The number of nitrogens with one attached hydrogen (secondary N) is 1. The Bertz CT molecular complexity index is 633. The second-order valence-electron chi connectivity index (χ2n) is 4.89. The lowest BCUT2D eigenvalue weighted by molar-refractivity contribution is 0.0932. The van der Waals surface area contributed by atoms with Crippen molar-refractivity contribution in [2.75, 3.05) is 0 Å². The molecule has 1 unspecified atom stereocenters. The molecule has 5 heteroatoms. The number of carbonyl (C=O) groups excluding carboxylic acids is 1. The zero-order valence-corrected chi connectivity index (χ0v) is 13.2. The Kier molecular flexibility index (Phi) is 3.94. The van der Waals surface area contributed by atoms with E-state index in [0.717, 1.165) is 27.8 Å². The molecule has 2 aromatic rings. The quantitative estimate of drug-likeness (QED) is 0.942. The number of amides is 1. The first-order chi connectivity index (χ1) is 8.93. The van der Waals surface area contributed by atoms with Crippen LogP contribution in [-0.4, -0.2) is 21.3 Å². The normalized spacial score (nSPS) is 12.7. The van der Waals surface area contributed by atoms with Crippen molar-refractivity contribution in [2.24, 2.45) is 0 Å². The minimum atomic E-state index is -0.0724. The molecule has 0 saturated heterocycles. The van der Waals surface area contributed by atoms with Crippen LogP contribution in [0.4, 0.5) is 0 Å². The second-order valence-corrected chi connectivity index (χ2v) is 5.74. The summed E-state index contributed by atoms with van der Waals surface area (Å²) in [6.45, 7) is 7.90. The lowest BCUT2D eigenvalue weighted by Crippen LogP contribution is -2.33. The summed E-state index contributed by atoms with van der Waals surface area (Å²) in [6.07, 6.45) is 2.84. The highest BCUT2D eigenvalue weighted by Crippen LogP contribution is 2.22. The zero-order valence-electron chi connectivity index (χ0n) is 11.6. The van der Waals surface area contributed by atoms with Crippen molar-refractivity contribution >= 4 is 27.5 Å². The molecule has 19 heavy (non-hydrogen) atoms. The van der Waals surface area contributed by atoms with E-state index in [1.807, 2.05) is 44.4 Å². The minimum absolute atomic E-state index is 0.0724. The molecule has 0 aliphatic heterocycles. The van der Waals surface area contributed by atoms with Crippen molar-refractivity contribution in [3.8, 4) is 0 Å². The monoisotopic (exact) mass is 323 g/mol. The molecule has 1 amide bonds. The van der Waals surface area contributed by atoms with Gasteiger partial charge in [-0.15, -0.1) is 0 Å². The van der Waals surface area contributed by atoms with Gasteiger partial charge < -0.3 is 5.32 Å². The fourth-order valence-corrected chi connectivity index (χ4v) is 2.65. The molecular weight excluding hydrogens is 306 g/mol. The molecule has 0 fully saturated rings. The number of halogens is 1. The van der Waals surface area contributed by atoms with Gasteiger partial charge in [-0.1, -0.05) is 6.92 Å². The number of imidazole rings is 1. The second kappa shape index (κ2) is 5.33. The lowest BCUT2D eigenvalue weighted by Gasteiger charge is -2.11. The molecule has 0 saturated carbocycles. The molecule has 2 rings (SSSR count). The van der Waals surface area contributed by atoms with E-state index in [0.29, 0.717) is 5.69 Å². The molecule has 0 aliphatic carbocycles. The van der Waals surface area contributed by atoms with Gasteiger partial charge in [0.1, 0.15) is 5.69 Å². The molecule has 0 radical (unpaired) electrons. The van der Waals surface area contributed by atoms with Crippen molar-refractivity contribution in [3.05, 3.63) is 33.7 Å². The van der Waals surface area contributed by atoms with Crippen LogP contribution in [0.15, 0.2) is 16.7 Å². The number of rotatable bonds is 3. The first-order valence-electron chi connectivity index (χ1n) is 6.39. The zero-order chi connectivity index (χ0) is 14.2. The van der Waals surface area contributed by atoms with Gasteiger partial charge in [-0.3, -0.25) is 9.20 Å². The molecule has 4 nitrogen and oxygen atoms in total. The van der Waals surface area contributed by atoms with Crippen LogP contribution < -0.4 is 5.32 Å². The van der Waals surface area contributed by atoms with E-state index < -0.39 is 0 Å². The molecule has 2 aromatic heterocycles. The van der Waals surface area contributed by atoms with Gasteiger partial charge in [-0.05, 0) is 54.8 Å². The van der Waals surface area contributed by atoms with E-state index >= 15 is 0 Å². The molecule has 1 atom stereocenters. The van der Waals surface area contributed by atoms with Gasteiger partial charge in [-0.25, -0.2) is 4.98 Å². The van der Waals surface area contributed by atoms with Crippen LogP contribution in [-0.2, 0) is 0 Å². The van der Waals surface area contributed by atoms with Crippen molar-refractivity contribution in [2.45, 2.75) is 40.2 Å². The van der Waals surface area contributed by atoms with Crippen molar-refractivity contribution in [3.63, 3.8) is 0 Å². The third kappa shape index (κ3) is 2.66. The van der Waals surface area contributed by atoms with Crippen LogP contribution >= 0.6 is 15.9 Å². The molecule has 2 heterocycles. The third-order valence-electron chi connectivity index (χ3n) is 3.19. The van der Waals surface area contributed by atoms with E-state index in [-0.39, 0.29) is 11.9 Å². The fourth-order valence-electron chi connectivity index (χ4n) is 2.01. The summed E-state index contributed by atoms with van der Waals surface area (Å²) in [5.41, 5.74) is 3.21. The first-order valence-corrected chi connectivity index (χ1v) is 7.19. The number of fused-ring (bicyclic) bond motifs is 1. The van der Waals surface area contributed by atoms with Crippen LogP contribution in [0.25, 0.3) is 5.65 Å². The molecule has 102 valence electrons. The van der Waals surface area contributed by atoms with Gasteiger partial charge in [0, 0.05) is 12.2 Å². The van der Waals surface area contributed by atoms with Gasteiger partial charge in [0.2, 0.25) is 0 Å². The highest BCUT2D eigenvalue weighted by atomic mass is 79.9. The highest BCUT2D eigenvalue weighted by molar-refractivity contribution is 9.10. The van der Waals surface area contributed by atoms with Crippen LogP contribution in [0, 0.1) is 13.8 Å². The predicted octanol–water partition coefficient (Wildman–Crippen LogP) is 3.24. The van der Waals surface area contributed by atoms with Gasteiger partial charge >= 0.3 is 0 Å². The summed E-state index contributed by atoms with van der Waals surface area (Å²) < 4.78 is 2.75. The Labute approximate surface area is 121 Å². The largest absolute Gasteiger partial charge is 0.348 e. The average molecular weight is 324 g/mol. The molecule has 1 N–H and O–H groups in total. The molecule has 0 bridgehead atoms. The number of aryl methyl sites for hydroxylation is 2. The number of aromatic nitrogens is 2. The fraction of sp³-hybridized carbons (Fsp3) is 0.429. The topological polar surface area (TPSA) is 46.4 Å². The highest BCUT2D eigenvalue weighted by Gasteiger charge is 2.19. The SMILES string of the molecule is CCC(C)NC(=O)c1c(C)nc2c(Br)cc(C)cn12. The minimum Gasteiger partial charge on any atom is -0.348 e. The van der Waals surface area contributed by atoms with Crippen LogP contribution in [0.1, 0.15) is 42.0 Å². The lowest BCUT2D eigenvalue weighted by atomic mass is 10.2. The van der Waals surface area contributed by atoms with Crippen molar-refractivity contribution in [1.29, 1.82) is 0 Å². The number of pyridine rings is 1. The molecule has 0 aliphatic rings. The number of carbonyl (C=O) groups is 1. The summed E-state index contributed by atoms with van der Waals surface area (Å²) >= 11 is 3.49. The van der Waals surface area contributed by atoms with Gasteiger partial charge in [0.05, 0.1) is 10.2 Å². The van der Waals surface area contributed by atoms with E-state index in [2.05, 4.69) is 26.2 Å². The van der Waals surface area contributed by atoms with Crippen molar-refractivity contribution < 1.29 is 4.79 Å². The Morgan fingerprint density at radius 2 is 2.21 bits per heavy atom. The standard InChI is InChI=1S/C14H18BrN3O/c1-5-9(3)16-14(19)12-10(4)17-13-11(15)6-8(2)7-18(12)13/h6-7,9H,5H2,1-4H3,(H,16,19). The molecule has 0 spiro atoms. The van der Waals surface area contributed by atoms with Crippen LogP contribution in [0.3, 0.4) is 0 Å². The van der Waals surface area contributed by atoms with E-state index in [1.165, 1.54) is 0 Å². The van der Waals surface area contributed by atoms with E-state index in [1.54, 1.807) is 0 Å². The summed E-state index contributed by atoms with van der Waals surface area (Å²) in [5.74, 6) is -0.0724. The van der Waals surface area contributed by atoms with Crippen LogP contribution in [0.2, 0.25) is 0 Å². The average Bonchev–Trinajstić information content (AvgIpc) is 2.65. The maximum Gasteiger partial charge on any atom is 0.270 e. The Morgan fingerprint density at radius 1 is 1.53 bits per heavy atom. The smallest absolute Gasteiger partial charge is 0.270 e. The van der Waals surface area contributed by atoms with Gasteiger partial charge in [0.15, 0.2) is 5.65 Å². The van der Waals surface area contributed by atoms with Gasteiger partial charge in [0.25, 0.3) is 5.91 Å². The summed E-state index contributed by atoms with van der Waals surface area (Å²) in [4.78, 5) is 16.8. The number of hydrogen-bond donors (Lipinski definition) is 1. The first kappa shape index (κ1) is 14.1. The summed E-state index contributed by atoms with van der Waals surface area (Å²) in [7, 11) is 0. The number of hydrogen-bond acceptors (Lipinski definition) is 2. The predicted molar refractivity (Wildman–Crippen MR) is 79.6 cm³/mol. The molecule has 0 aromatic carbocycles. The van der Waals surface area contributed by atoms with Crippen LogP contribution in [0.5, 0.6) is 0 Å². The maximum absolute atomic E-state index is 12.3. The van der Waals surface area contributed by atoms with Gasteiger partial charge in [-0.2, -0.15) is 0 Å². The number of nitrogens with zero attached hydrogens (tertiary/aromatic N) is 2. The Hall–Kier alpha value is -1.36. The summed E-state index contributed by atoms with van der Waals surface area (Å²) in [6, 6.07) is 2.16. The van der Waals surface area contributed by atoms with E-state index in [4.69, 9.17) is 0 Å². The summed E-state index contributed by atoms with van der Waals surface area (Å²) in [5, 5.41) is 2.99. The van der Waals surface area contributed by atoms with E-state index in [9.17, 15) is 4.79 Å². The Balaban J connectivity index is 2.54. The third-order valence-corrected chi connectivity index (χ3v) is 3.77.